The fourth-order valence-corrected chi connectivity index (χ4v) is 3.28. The highest BCUT2D eigenvalue weighted by Crippen LogP contribution is 2.29. The first-order chi connectivity index (χ1) is 9.56. The second-order valence-electron chi connectivity index (χ2n) is 3.72. The smallest absolute Gasteiger partial charge is 0.267 e. The molecule has 0 saturated heterocycles. The van der Waals surface area contributed by atoms with Crippen LogP contribution in [-0.4, -0.2) is 17.6 Å². The zero-order valence-electron chi connectivity index (χ0n) is 10.1. The molecule has 7 heteroatoms. The lowest BCUT2D eigenvalue weighted by Gasteiger charge is -2.05. The molecule has 3 nitrogen and oxygen atoms in total. The lowest BCUT2D eigenvalue weighted by molar-refractivity contribution is -0.117. The standard InChI is InChI=1S/C13H9Cl2NO2S2/c14-8-3-4-9(15)11(6-8)20-7-12(17)16-13(18)10-2-1-5-19-10/h1-6H,7H2,(H,16,17,18). The van der Waals surface area contributed by atoms with Crippen LogP contribution in [0.5, 0.6) is 0 Å². The number of imide groups is 1. The van der Waals surface area contributed by atoms with Crippen molar-refractivity contribution in [1.29, 1.82) is 0 Å². The molecule has 0 aliphatic rings. The summed E-state index contributed by atoms with van der Waals surface area (Å²) in [4.78, 5) is 24.6. The highest BCUT2D eigenvalue weighted by molar-refractivity contribution is 8.00. The molecule has 104 valence electrons. The monoisotopic (exact) mass is 345 g/mol. The third-order valence-corrected chi connectivity index (χ3v) is 4.85. The summed E-state index contributed by atoms with van der Waals surface area (Å²) < 4.78 is 0. The van der Waals surface area contributed by atoms with E-state index in [0.29, 0.717) is 19.8 Å². The molecule has 2 amide bonds. The van der Waals surface area contributed by atoms with Crippen LogP contribution >= 0.6 is 46.3 Å². The number of thioether (sulfide) groups is 1. The van der Waals surface area contributed by atoms with E-state index in [1.807, 2.05) is 0 Å². The molecule has 0 radical (unpaired) electrons. The Morgan fingerprint density at radius 2 is 2.05 bits per heavy atom. The average molecular weight is 346 g/mol. The van der Waals surface area contributed by atoms with Crippen molar-refractivity contribution < 1.29 is 9.59 Å². The van der Waals surface area contributed by atoms with Gasteiger partial charge in [-0.05, 0) is 29.6 Å². The van der Waals surface area contributed by atoms with Gasteiger partial charge in [-0.15, -0.1) is 23.1 Å². The number of carbonyl (C=O) groups excluding carboxylic acids is 2. The molecule has 0 atom stereocenters. The van der Waals surface area contributed by atoms with Crippen molar-refractivity contribution in [3.05, 3.63) is 50.6 Å². The maximum Gasteiger partial charge on any atom is 0.267 e. The van der Waals surface area contributed by atoms with Crippen molar-refractivity contribution in [3.63, 3.8) is 0 Å². The fraction of sp³-hybridized carbons (Fsp3) is 0.0769. The highest BCUT2D eigenvalue weighted by atomic mass is 35.5. The summed E-state index contributed by atoms with van der Waals surface area (Å²) in [5, 5.41) is 5.17. The molecule has 0 spiro atoms. The average Bonchev–Trinajstić information content (AvgIpc) is 2.94. The Hall–Kier alpha value is -1.01. The molecule has 20 heavy (non-hydrogen) atoms. The van der Waals surface area contributed by atoms with Gasteiger partial charge >= 0.3 is 0 Å². The van der Waals surface area contributed by atoms with E-state index in [1.165, 1.54) is 23.1 Å². The van der Waals surface area contributed by atoms with Crippen molar-refractivity contribution in [2.75, 3.05) is 5.75 Å². The van der Waals surface area contributed by atoms with Crippen LogP contribution in [0.3, 0.4) is 0 Å². The summed E-state index contributed by atoms with van der Waals surface area (Å²) in [5.41, 5.74) is 0. The van der Waals surface area contributed by atoms with Gasteiger partial charge in [0.05, 0.1) is 15.7 Å². The normalized spacial score (nSPS) is 10.3. The minimum atomic E-state index is -0.386. The molecule has 0 fully saturated rings. The third kappa shape index (κ3) is 4.24. The van der Waals surface area contributed by atoms with Crippen LogP contribution in [0.4, 0.5) is 0 Å². The summed E-state index contributed by atoms with van der Waals surface area (Å²) in [5.74, 6) is -0.663. The minimum Gasteiger partial charge on any atom is -0.291 e. The Bertz CT molecular complexity index is 629. The van der Waals surface area contributed by atoms with E-state index in [1.54, 1.807) is 35.7 Å². The second-order valence-corrected chi connectivity index (χ2v) is 6.53. The first kappa shape index (κ1) is 15.4. The number of benzene rings is 1. The van der Waals surface area contributed by atoms with Crippen molar-refractivity contribution >= 4 is 58.1 Å². The van der Waals surface area contributed by atoms with Crippen LogP contribution in [0, 0.1) is 0 Å². The zero-order chi connectivity index (χ0) is 14.5. The van der Waals surface area contributed by atoms with Gasteiger partial charge in [-0.1, -0.05) is 29.3 Å². The van der Waals surface area contributed by atoms with E-state index in [9.17, 15) is 9.59 Å². The molecule has 1 aromatic carbocycles. The van der Waals surface area contributed by atoms with Crippen molar-refractivity contribution in [3.8, 4) is 0 Å². The molecule has 2 aromatic rings. The second kappa shape index (κ2) is 7.13. The Kier molecular flexibility index (Phi) is 5.48. The van der Waals surface area contributed by atoms with Gasteiger partial charge in [-0.3, -0.25) is 14.9 Å². The van der Waals surface area contributed by atoms with Gasteiger partial charge in [-0.2, -0.15) is 0 Å². The van der Waals surface area contributed by atoms with Gasteiger partial charge in [0.2, 0.25) is 5.91 Å². The summed E-state index contributed by atoms with van der Waals surface area (Å²) in [6.45, 7) is 0. The molecule has 0 unspecified atom stereocenters. The van der Waals surface area contributed by atoms with E-state index in [0.717, 1.165) is 0 Å². The van der Waals surface area contributed by atoms with E-state index in [4.69, 9.17) is 23.2 Å². The Morgan fingerprint density at radius 1 is 1.25 bits per heavy atom. The van der Waals surface area contributed by atoms with Crippen LogP contribution in [0.15, 0.2) is 40.6 Å². The van der Waals surface area contributed by atoms with Gasteiger partial charge in [0.1, 0.15) is 0 Å². The number of hydrogen-bond acceptors (Lipinski definition) is 4. The Balaban J connectivity index is 1.89. The lowest BCUT2D eigenvalue weighted by atomic mass is 10.4. The summed E-state index contributed by atoms with van der Waals surface area (Å²) in [6.07, 6.45) is 0. The molecule has 0 aliphatic carbocycles. The first-order valence-corrected chi connectivity index (χ1v) is 8.14. The highest BCUT2D eigenvalue weighted by Gasteiger charge is 2.12. The number of carbonyl (C=O) groups is 2. The van der Waals surface area contributed by atoms with Gasteiger partial charge in [0.15, 0.2) is 0 Å². The summed E-state index contributed by atoms with van der Waals surface area (Å²) in [7, 11) is 0. The third-order valence-electron chi connectivity index (χ3n) is 2.25. The van der Waals surface area contributed by atoms with E-state index in [2.05, 4.69) is 5.32 Å². The van der Waals surface area contributed by atoms with E-state index < -0.39 is 0 Å². The quantitative estimate of drug-likeness (QED) is 0.848. The van der Waals surface area contributed by atoms with Gasteiger partial charge in [0.25, 0.3) is 5.91 Å². The number of nitrogens with one attached hydrogen (secondary N) is 1. The van der Waals surface area contributed by atoms with Crippen LogP contribution < -0.4 is 5.32 Å². The molecule has 1 heterocycles. The molecular formula is C13H9Cl2NO2S2. The molecule has 1 aromatic heterocycles. The number of halogens is 2. The molecule has 0 saturated carbocycles. The molecular weight excluding hydrogens is 337 g/mol. The van der Waals surface area contributed by atoms with Crippen LogP contribution in [-0.2, 0) is 4.79 Å². The molecule has 1 N–H and O–H groups in total. The Labute approximate surface area is 134 Å². The maximum atomic E-state index is 11.7. The topological polar surface area (TPSA) is 46.2 Å². The first-order valence-electron chi connectivity index (χ1n) is 5.52. The Morgan fingerprint density at radius 3 is 2.75 bits per heavy atom. The summed E-state index contributed by atoms with van der Waals surface area (Å²) in [6, 6.07) is 8.44. The molecule has 0 aliphatic heterocycles. The van der Waals surface area contributed by atoms with E-state index in [-0.39, 0.29) is 17.6 Å². The van der Waals surface area contributed by atoms with Gasteiger partial charge in [-0.25, -0.2) is 0 Å². The largest absolute Gasteiger partial charge is 0.291 e. The number of thiophene rings is 1. The molecule has 0 bridgehead atoms. The molecule has 2 rings (SSSR count). The van der Waals surface area contributed by atoms with Crippen LogP contribution in [0.1, 0.15) is 9.67 Å². The predicted molar refractivity (Wildman–Crippen MR) is 84.0 cm³/mol. The van der Waals surface area contributed by atoms with Gasteiger partial charge in [0, 0.05) is 9.92 Å². The van der Waals surface area contributed by atoms with Crippen molar-refractivity contribution in [2.45, 2.75) is 4.90 Å². The van der Waals surface area contributed by atoms with Gasteiger partial charge < -0.3 is 0 Å². The SMILES string of the molecule is O=C(CSc1cc(Cl)ccc1Cl)NC(=O)c1cccs1. The summed E-state index contributed by atoms with van der Waals surface area (Å²) >= 11 is 14.4. The number of amides is 2. The fourth-order valence-electron chi connectivity index (χ4n) is 1.36. The zero-order valence-corrected chi connectivity index (χ0v) is 13.2. The number of hydrogen-bond donors (Lipinski definition) is 1. The minimum absolute atomic E-state index is 0.0944. The maximum absolute atomic E-state index is 11.7. The predicted octanol–water partition coefficient (Wildman–Crippen LogP) is 4.10. The van der Waals surface area contributed by atoms with Crippen molar-refractivity contribution in [2.24, 2.45) is 0 Å². The number of rotatable bonds is 4. The van der Waals surface area contributed by atoms with Crippen LogP contribution in [0.25, 0.3) is 0 Å². The lowest BCUT2D eigenvalue weighted by Crippen LogP contribution is -2.31. The van der Waals surface area contributed by atoms with Crippen LogP contribution in [0.2, 0.25) is 10.0 Å². The van der Waals surface area contributed by atoms with Crippen molar-refractivity contribution in [1.82, 2.24) is 5.32 Å². The van der Waals surface area contributed by atoms with E-state index >= 15 is 0 Å².